The first-order valence-electron chi connectivity index (χ1n) is 3.15. The fourth-order valence-electron chi connectivity index (χ4n) is 0.701. The first-order valence-corrected chi connectivity index (χ1v) is 3.59. The molecule has 0 aliphatic carbocycles. The highest BCUT2D eigenvalue weighted by molar-refractivity contribution is 6.19. The summed E-state index contributed by atoms with van der Waals surface area (Å²) in [7, 11) is 0. The summed E-state index contributed by atoms with van der Waals surface area (Å²) >= 11 is 5.59. The zero-order chi connectivity index (χ0) is 7.11. The standard InChI is InChI=1S/C5H9ClO.C2H4.2ClH/c6-5-3-1-2-4-7-5;1-2;;/h5H,1-4H2;1-2H2;2*1H. The zero-order valence-corrected chi connectivity index (χ0v) is 8.81. The van der Waals surface area contributed by atoms with E-state index in [1.807, 2.05) is 0 Å². The van der Waals surface area contributed by atoms with Gasteiger partial charge in [-0.3, -0.25) is 0 Å². The van der Waals surface area contributed by atoms with Gasteiger partial charge in [-0.2, -0.15) is 0 Å². The fraction of sp³-hybridized carbons (Fsp3) is 0.714. The molecule has 0 spiro atoms. The van der Waals surface area contributed by atoms with Gasteiger partial charge in [-0.1, -0.05) is 11.6 Å². The van der Waals surface area contributed by atoms with Crippen molar-refractivity contribution in [1.29, 1.82) is 0 Å². The van der Waals surface area contributed by atoms with Crippen LogP contribution in [0.15, 0.2) is 13.2 Å². The summed E-state index contributed by atoms with van der Waals surface area (Å²) in [5.41, 5.74) is 0.00810. The van der Waals surface area contributed by atoms with Gasteiger partial charge in [-0.25, -0.2) is 0 Å². The van der Waals surface area contributed by atoms with Crippen molar-refractivity contribution >= 4 is 36.4 Å². The van der Waals surface area contributed by atoms with Gasteiger partial charge in [0.15, 0.2) is 0 Å². The lowest BCUT2D eigenvalue weighted by Gasteiger charge is -2.15. The summed E-state index contributed by atoms with van der Waals surface area (Å²) in [6.07, 6.45) is 3.44. The molecule has 0 radical (unpaired) electrons. The van der Waals surface area contributed by atoms with Crippen molar-refractivity contribution in [3.8, 4) is 0 Å². The Morgan fingerprint density at radius 2 is 1.73 bits per heavy atom. The van der Waals surface area contributed by atoms with Crippen LogP contribution in [0.4, 0.5) is 0 Å². The third-order valence-corrected chi connectivity index (χ3v) is 1.47. The van der Waals surface area contributed by atoms with E-state index in [9.17, 15) is 0 Å². The van der Waals surface area contributed by atoms with E-state index in [1.54, 1.807) is 0 Å². The average Bonchev–Trinajstić information content (AvgIpc) is 1.94. The molecule has 4 heteroatoms. The topological polar surface area (TPSA) is 9.23 Å². The van der Waals surface area contributed by atoms with Crippen molar-refractivity contribution in [2.45, 2.75) is 24.8 Å². The summed E-state index contributed by atoms with van der Waals surface area (Å²) in [5.74, 6) is 0. The number of alkyl halides is 1. The second-order valence-corrected chi connectivity index (χ2v) is 2.26. The van der Waals surface area contributed by atoms with Gasteiger partial charge in [-0.15, -0.1) is 38.0 Å². The van der Waals surface area contributed by atoms with Crippen molar-refractivity contribution in [3.63, 3.8) is 0 Å². The Bertz CT molecular complexity index is 64.7. The molecular weight excluding hydrogens is 206 g/mol. The molecule has 70 valence electrons. The van der Waals surface area contributed by atoms with Crippen LogP contribution in [-0.4, -0.2) is 12.2 Å². The highest BCUT2D eigenvalue weighted by atomic mass is 35.5. The lowest BCUT2D eigenvalue weighted by atomic mass is 10.2. The number of ether oxygens (including phenoxy) is 1. The van der Waals surface area contributed by atoms with Crippen molar-refractivity contribution in [2.24, 2.45) is 0 Å². The van der Waals surface area contributed by atoms with Gasteiger partial charge in [0.05, 0.1) is 0 Å². The van der Waals surface area contributed by atoms with Crippen LogP contribution in [-0.2, 0) is 4.74 Å². The Morgan fingerprint density at radius 3 is 1.91 bits per heavy atom. The van der Waals surface area contributed by atoms with Crippen molar-refractivity contribution in [1.82, 2.24) is 0 Å². The van der Waals surface area contributed by atoms with Gasteiger partial charge >= 0.3 is 0 Å². The third kappa shape index (κ3) is 10.6. The lowest BCUT2D eigenvalue weighted by molar-refractivity contribution is 0.0680. The van der Waals surface area contributed by atoms with Crippen molar-refractivity contribution < 1.29 is 4.74 Å². The molecule has 1 atom stereocenters. The minimum absolute atomic E-state index is 0. The van der Waals surface area contributed by atoms with E-state index < -0.39 is 0 Å². The molecule has 0 saturated carbocycles. The Morgan fingerprint density at radius 1 is 1.18 bits per heavy atom. The van der Waals surface area contributed by atoms with Gasteiger partial charge < -0.3 is 4.74 Å². The Balaban J connectivity index is -0.000000149. The molecule has 1 heterocycles. The maximum atomic E-state index is 5.59. The van der Waals surface area contributed by atoms with Crippen LogP contribution in [0, 0.1) is 0 Å². The van der Waals surface area contributed by atoms with E-state index in [-0.39, 0.29) is 30.4 Å². The van der Waals surface area contributed by atoms with Crippen LogP contribution in [0.1, 0.15) is 19.3 Å². The van der Waals surface area contributed by atoms with E-state index in [2.05, 4.69) is 13.2 Å². The molecule has 0 amide bonds. The smallest absolute Gasteiger partial charge is 0.131 e. The number of hydrogen-bond donors (Lipinski definition) is 0. The van der Waals surface area contributed by atoms with Gasteiger partial charge in [0.2, 0.25) is 0 Å². The SMILES string of the molecule is C=C.Cl.Cl.ClC1CCCCO1. The van der Waals surface area contributed by atoms with E-state index >= 15 is 0 Å². The monoisotopic (exact) mass is 220 g/mol. The van der Waals surface area contributed by atoms with Gasteiger partial charge in [-0.05, 0) is 19.3 Å². The van der Waals surface area contributed by atoms with E-state index in [4.69, 9.17) is 16.3 Å². The maximum Gasteiger partial charge on any atom is 0.131 e. The zero-order valence-electron chi connectivity index (χ0n) is 6.42. The van der Waals surface area contributed by atoms with Crippen LogP contribution in [0.25, 0.3) is 0 Å². The minimum atomic E-state index is 0. The second kappa shape index (κ2) is 13.2. The van der Waals surface area contributed by atoms with E-state index in [1.165, 1.54) is 12.8 Å². The minimum Gasteiger partial charge on any atom is -0.362 e. The van der Waals surface area contributed by atoms with E-state index in [0.29, 0.717) is 0 Å². The molecule has 0 aromatic rings. The predicted octanol–water partition coefficient (Wildman–Crippen LogP) is 3.40. The summed E-state index contributed by atoms with van der Waals surface area (Å²) in [6, 6.07) is 0. The van der Waals surface area contributed by atoms with Gasteiger partial charge in [0.1, 0.15) is 5.56 Å². The molecule has 1 nitrogen and oxygen atoms in total. The summed E-state index contributed by atoms with van der Waals surface area (Å²) in [4.78, 5) is 0. The number of hydrogen-bond acceptors (Lipinski definition) is 1. The first-order chi connectivity index (χ1) is 4.39. The van der Waals surface area contributed by atoms with Crippen LogP contribution < -0.4 is 0 Å². The summed E-state index contributed by atoms with van der Waals surface area (Å²) in [5, 5.41) is 0. The molecule has 11 heavy (non-hydrogen) atoms. The Hall–Kier alpha value is 0.570. The average molecular weight is 222 g/mol. The second-order valence-electron chi connectivity index (χ2n) is 1.78. The quantitative estimate of drug-likeness (QED) is 0.450. The highest BCUT2D eigenvalue weighted by Crippen LogP contribution is 2.14. The number of halogens is 3. The van der Waals surface area contributed by atoms with E-state index in [0.717, 1.165) is 13.0 Å². The van der Waals surface area contributed by atoms with Gasteiger partial charge in [0.25, 0.3) is 0 Å². The van der Waals surface area contributed by atoms with Crippen LogP contribution in [0.2, 0.25) is 0 Å². The molecular formula is C7H15Cl3O. The van der Waals surface area contributed by atoms with Crippen LogP contribution in [0.5, 0.6) is 0 Å². The number of rotatable bonds is 0. The maximum absolute atomic E-state index is 5.59. The fourth-order valence-corrected chi connectivity index (χ4v) is 0.945. The molecule has 1 fully saturated rings. The molecule has 1 aliphatic rings. The lowest BCUT2D eigenvalue weighted by Crippen LogP contribution is -2.11. The van der Waals surface area contributed by atoms with Crippen LogP contribution in [0.3, 0.4) is 0 Å². The Labute approximate surface area is 86.0 Å². The third-order valence-electron chi connectivity index (χ3n) is 1.12. The molecule has 0 aromatic carbocycles. The molecule has 1 aliphatic heterocycles. The molecule has 1 unspecified atom stereocenters. The highest BCUT2D eigenvalue weighted by Gasteiger charge is 2.08. The molecule has 1 rings (SSSR count). The van der Waals surface area contributed by atoms with Crippen LogP contribution >= 0.6 is 36.4 Å². The summed E-state index contributed by atoms with van der Waals surface area (Å²) in [6.45, 7) is 6.86. The largest absolute Gasteiger partial charge is 0.362 e. The normalized spacial score (nSPS) is 21.4. The molecule has 1 saturated heterocycles. The molecule has 0 N–H and O–H groups in total. The van der Waals surface area contributed by atoms with Crippen molar-refractivity contribution in [3.05, 3.63) is 13.2 Å². The van der Waals surface area contributed by atoms with Gasteiger partial charge in [0, 0.05) is 6.61 Å². The first kappa shape index (κ1) is 17.6. The van der Waals surface area contributed by atoms with Crippen molar-refractivity contribution in [2.75, 3.05) is 6.61 Å². The summed E-state index contributed by atoms with van der Waals surface area (Å²) < 4.78 is 5.04. The molecule has 0 aromatic heterocycles. The Kier molecular flexibility index (Phi) is 21.1. The predicted molar refractivity (Wildman–Crippen MR) is 55.2 cm³/mol. The molecule has 0 bridgehead atoms.